The summed E-state index contributed by atoms with van der Waals surface area (Å²) in [5.41, 5.74) is 0.480. The summed E-state index contributed by atoms with van der Waals surface area (Å²) >= 11 is 0. The maximum absolute atomic E-state index is 11.9. The van der Waals surface area contributed by atoms with Gasteiger partial charge in [0.05, 0.1) is 12.4 Å². The Morgan fingerprint density at radius 3 is 2.73 bits per heavy atom. The number of aromatic nitrogens is 2. The first-order valence-corrected chi connectivity index (χ1v) is 5.12. The normalized spacial score (nSPS) is 18.1. The molecule has 1 N–H and O–H groups in total. The lowest BCUT2D eigenvalue weighted by Crippen LogP contribution is -2.40. The predicted octanol–water partition coefficient (Wildman–Crippen LogP) is 0.0170. The fraction of sp³-hybridized carbons (Fsp3) is 0.600. The van der Waals surface area contributed by atoms with Gasteiger partial charge in [-0.3, -0.25) is 4.79 Å². The highest BCUT2D eigenvalue weighted by Crippen LogP contribution is 2.12. The zero-order chi connectivity index (χ0) is 10.8. The number of carbonyl (C=O) groups excluding carboxylic acids is 1. The molecular formula is C10H15N3O2. The van der Waals surface area contributed by atoms with E-state index in [-0.39, 0.29) is 12.0 Å². The minimum absolute atomic E-state index is 0.0394. The first-order chi connectivity index (χ1) is 7.16. The van der Waals surface area contributed by atoms with E-state index < -0.39 is 0 Å². The van der Waals surface area contributed by atoms with E-state index in [9.17, 15) is 9.90 Å². The third-order valence-corrected chi connectivity index (χ3v) is 2.68. The van der Waals surface area contributed by atoms with Crippen LogP contribution < -0.4 is 0 Å². The molecule has 15 heavy (non-hydrogen) atoms. The lowest BCUT2D eigenvalue weighted by molar-refractivity contribution is 0.0542. The van der Waals surface area contributed by atoms with E-state index in [4.69, 9.17) is 0 Å². The monoisotopic (exact) mass is 209 g/mol. The SMILES string of the molecule is Cn1cnc(C(=O)N2CCC(O)CC2)c1. The van der Waals surface area contributed by atoms with Gasteiger partial charge in [0.2, 0.25) is 0 Å². The summed E-state index contributed by atoms with van der Waals surface area (Å²) < 4.78 is 1.76. The Balaban J connectivity index is 2.02. The number of nitrogens with zero attached hydrogens (tertiary/aromatic N) is 3. The van der Waals surface area contributed by atoms with Crippen LogP contribution in [0.2, 0.25) is 0 Å². The van der Waals surface area contributed by atoms with E-state index in [1.807, 2.05) is 7.05 Å². The van der Waals surface area contributed by atoms with Crippen molar-refractivity contribution in [3.63, 3.8) is 0 Å². The van der Waals surface area contributed by atoms with Crippen LogP contribution in [0.5, 0.6) is 0 Å². The molecule has 0 bridgehead atoms. The van der Waals surface area contributed by atoms with Gasteiger partial charge in [0.1, 0.15) is 5.69 Å². The van der Waals surface area contributed by atoms with E-state index in [2.05, 4.69) is 4.98 Å². The minimum atomic E-state index is -0.252. The summed E-state index contributed by atoms with van der Waals surface area (Å²) in [6.07, 6.45) is 4.41. The summed E-state index contributed by atoms with van der Waals surface area (Å²) in [5, 5.41) is 9.33. The summed E-state index contributed by atoms with van der Waals surface area (Å²) in [5.74, 6) is -0.0394. The highest BCUT2D eigenvalue weighted by molar-refractivity contribution is 5.92. The fourth-order valence-corrected chi connectivity index (χ4v) is 1.75. The molecule has 0 aromatic carbocycles. The van der Waals surface area contributed by atoms with Gasteiger partial charge < -0.3 is 14.6 Å². The molecule has 1 aliphatic heterocycles. The molecule has 1 aromatic rings. The second kappa shape index (κ2) is 4.02. The summed E-state index contributed by atoms with van der Waals surface area (Å²) in [6, 6.07) is 0. The standard InChI is InChI=1S/C10H15N3O2/c1-12-6-9(11-7-12)10(15)13-4-2-8(14)3-5-13/h6-8,14H,2-5H2,1H3. The maximum Gasteiger partial charge on any atom is 0.274 e. The van der Waals surface area contributed by atoms with Crippen molar-refractivity contribution >= 4 is 5.91 Å². The number of aliphatic hydroxyl groups is 1. The number of aliphatic hydroxyl groups excluding tert-OH is 1. The predicted molar refractivity (Wildman–Crippen MR) is 54.4 cm³/mol. The van der Waals surface area contributed by atoms with Crippen LogP contribution in [-0.4, -0.2) is 44.7 Å². The molecule has 1 fully saturated rings. The molecule has 0 saturated carbocycles. The molecule has 1 amide bonds. The highest BCUT2D eigenvalue weighted by Gasteiger charge is 2.23. The van der Waals surface area contributed by atoms with E-state index in [0.717, 1.165) is 0 Å². The summed E-state index contributed by atoms with van der Waals surface area (Å²) in [4.78, 5) is 17.7. The topological polar surface area (TPSA) is 58.4 Å². The molecule has 5 nitrogen and oxygen atoms in total. The smallest absolute Gasteiger partial charge is 0.274 e. The Morgan fingerprint density at radius 1 is 1.53 bits per heavy atom. The number of aryl methyl sites for hydroxylation is 1. The minimum Gasteiger partial charge on any atom is -0.393 e. The number of hydrogen-bond acceptors (Lipinski definition) is 3. The molecular weight excluding hydrogens is 194 g/mol. The molecule has 2 heterocycles. The van der Waals surface area contributed by atoms with Crippen LogP contribution >= 0.6 is 0 Å². The summed E-state index contributed by atoms with van der Waals surface area (Å²) in [7, 11) is 1.84. The molecule has 0 unspecified atom stereocenters. The number of likely N-dealkylation sites (tertiary alicyclic amines) is 1. The van der Waals surface area contributed by atoms with Crippen molar-refractivity contribution < 1.29 is 9.90 Å². The van der Waals surface area contributed by atoms with Crippen molar-refractivity contribution in [2.75, 3.05) is 13.1 Å². The molecule has 2 rings (SSSR count). The Morgan fingerprint density at radius 2 is 2.20 bits per heavy atom. The lowest BCUT2D eigenvalue weighted by Gasteiger charge is -2.28. The van der Waals surface area contributed by atoms with Crippen LogP contribution in [0.4, 0.5) is 0 Å². The van der Waals surface area contributed by atoms with Gasteiger partial charge in [-0.25, -0.2) is 4.98 Å². The molecule has 0 spiro atoms. The first kappa shape index (κ1) is 10.2. The Bertz CT molecular complexity index is 353. The van der Waals surface area contributed by atoms with E-state index in [1.54, 1.807) is 22.0 Å². The number of carbonyl (C=O) groups is 1. The van der Waals surface area contributed by atoms with Crippen molar-refractivity contribution in [1.29, 1.82) is 0 Å². The van der Waals surface area contributed by atoms with Crippen LogP contribution in [-0.2, 0) is 7.05 Å². The Hall–Kier alpha value is -1.36. The van der Waals surface area contributed by atoms with Gasteiger partial charge in [-0.05, 0) is 12.8 Å². The Labute approximate surface area is 88.3 Å². The number of amides is 1. The van der Waals surface area contributed by atoms with Crippen LogP contribution in [0.25, 0.3) is 0 Å². The molecule has 1 saturated heterocycles. The van der Waals surface area contributed by atoms with Gasteiger partial charge in [0, 0.05) is 26.3 Å². The first-order valence-electron chi connectivity index (χ1n) is 5.12. The van der Waals surface area contributed by atoms with Crippen molar-refractivity contribution in [3.05, 3.63) is 18.2 Å². The molecule has 1 aromatic heterocycles. The van der Waals surface area contributed by atoms with Crippen molar-refractivity contribution in [3.8, 4) is 0 Å². The van der Waals surface area contributed by atoms with Crippen LogP contribution in [0.1, 0.15) is 23.3 Å². The molecule has 5 heteroatoms. The number of piperidine rings is 1. The highest BCUT2D eigenvalue weighted by atomic mass is 16.3. The molecule has 1 aliphatic rings. The van der Waals surface area contributed by atoms with Crippen LogP contribution in [0.15, 0.2) is 12.5 Å². The third kappa shape index (κ3) is 2.18. The average Bonchev–Trinajstić information content (AvgIpc) is 2.65. The fourth-order valence-electron chi connectivity index (χ4n) is 1.75. The third-order valence-electron chi connectivity index (χ3n) is 2.68. The zero-order valence-electron chi connectivity index (χ0n) is 8.76. The lowest BCUT2D eigenvalue weighted by atomic mass is 10.1. The number of hydrogen-bond donors (Lipinski definition) is 1. The van der Waals surface area contributed by atoms with Crippen molar-refractivity contribution in [2.45, 2.75) is 18.9 Å². The molecule has 0 aliphatic carbocycles. The second-order valence-corrected chi connectivity index (χ2v) is 3.95. The van der Waals surface area contributed by atoms with Crippen molar-refractivity contribution in [2.24, 2.45) is 7.05 Å². The van der Waals surface area contributed by atoms with Gasteiger partial charge >= 0.3 is 0 Å². The van der Waals surface area contributed by atoms with Crippen molar-refractivity contribution in [1.82, 2.24) is 14.5 Å². The van der Waals surface area contributed by atoms with E-state index >= 15 is 0 Å². The quantitative estimate of drug-likeness (QED) is 0.709. The Kier molecular flexibility index (Phi) is 2.73. The van der Waals surface area contributed by atoms with Gasteiger partial charge in [-0.1, -0.05) is 0 Å². The summed E-state index contributed by atoms with van der Waals surface area (Å²) in [6.45, 7) is 1.24. The second-order valence-electron chi connectivity index (χ2n) is 3.95. The molecule has 0 radical (unpaired) electrons. The number of rotatable bonds is 1. The zero-order valence-corrected chi connectivity index (χ0v) is 8.76. The van der Waals surface area contributed by atoms with E-state index in [1.165, 1.54) is 0 Å². The van der Waals surface area contributed by atoms with Gasteiger partial charge in [-0.15, -0.1) is 0 Å². The average molecular weight is 209 g/mol. The van der Waals surface area contributed by atoms with Gasteiger partial charge in [0.15, 0.2) is 0 Å². The van der Waals surface area contributed by atoms with Gasteiger partial charge in [-0.2, -0.15) is 0 Å². The maximum atomic E-state index is 11.9. The van der Waals surface area contributed by atoms with E-state index in [0.29, 0.717) is 31.6 Å². The largest absolute Gasteiger partial charge is 0.393 e. The molecule has 82 valence electrons. The van der Waals surface area contributed by atoms with Gasteiger partial charge in [0.25, 0.3) is 5.91 Å². The number of imidazole rings is 1. The van der Waals surface area contributed by atoms with Crippen LogP contribution in [0, 0.1) is 0 Å². The molecule has 0 atom stereocenters. The van der Waals surface area contributed by atoms with Crippen LogP contribution in [0.3, 0.4) is 0 Å².